The van der Waals surface area contributed by atoms with Gasteiger partial charge in [-0.1, -0.05) is 0 Å². The Morgan fingerprint density at radius 2 is 2.08 bits per heavy atom. The Morgan fingerprint density at radius 1 is 1.31 bits per heavy atom. The molecule has 0 unspecified atom stereocenters. The molecule has 0 aliphatic carbocycles. The van der Waals surface area contributed by atoms with Gasteiger partial charge in [-0.05, 0) is 24.3 Å². The first-order chi connectivity index (χ1) is 12.5. The number of benzene rings is 1. The summed E-state index contributed by atoms with van der Waals surface area (Å²) in [6.45, 7) is 2.57. The number of hydrogen-bond acceptors (Lipinski definition) is 7. The van der Waals surface area contributed by atoms with Gasteiger partial charge in [0.2, 0.25) is 10.0 Å². The third kappa shape index (κ3) is 4.26. The first-order valence-electron chi connectivity index (χ1n) is 7.97. The van der Waals surface area contributed by atoms with E-state index in [1.165, 1.54) is 19.2 Å². The second-order valence-corrected chi connectivity index (χ2v) is 7.32. The summed E-state index contributed by atoms with van der Waals surface area (Å²) in [6.07, 6.45) is 1.58. The van der Waals surface area contributed by atoms with E-state index in [0.717, 1.165) is 6.07 Å². The second kappa shape index (κ2) is 7.94. The Labute approximate surface area is 151 Å². The molecule has 0 saturated carbocycles. The lowest BCUT2D eigenvalue weighted by Crippen LogP contribution is -2.37. The number of hydrogen-bond donors (Lipinski definition) is 1. The first-order valence-corrected chi connectivity index (χ1v) is 9.46. The van der Waals surface area contributed by atoms with Crippen LogP contribution < -0.4 is 14.4 Å². The molecule has 8 nitrogen and oxygen atoms in total. The molecule has 1 fully saturated rings. The van der Waals surface area contributed by atoms with Crippen LogP contribution in [0.5, 0.6) is 5.75 Å². The fourth-order valence-electron chi connectivity index (χ4n) is 2.50. The van der Waals surface area contributed by atoms with Crippen molar-refractivity contribution in [1.82, 2.24) is 14.7 Å². The molecule has 0 bridgehead atoms. The van der Waals surface area contributed by atoms with Gasteiger partial charge in [0.15, 0.2) is 11.6 Å². The molecular weight excluding hydrogens is 363 g/mol. The summed E-state index contributed by atoms with van der Waals surface area (Å²) in [5.74, 6) is 0.269. The van der Waals surface area contributed by atoms with Crippen LogP contribution >= 0.6 is 0 Å². The zero-order valence-corrected chi connectivity index (χ0v) is 15.0. The van der Waals surface area contributed by atoms with Crippen LogP contribution in [0.2, 0.25) is 0 Å². The van der Waals surface area contributed by atoms with Crippen molar-refractivity contribution >= 4 is 15.8 Å². The van der Waals surface area contributed by atoms with Crippen molar-refractivity contribution in [2.24, 2.45) is 0 Å². The summed E-state index contributed by atoms with van der Waals surface area (Å²) in [7, 11) is -2.59. The molecule has 0 spiro atoms. The molecule has 10 heteroatoms. The highest BCUT2D eigenvalue weighted by molar-refractivity contribution is 7.89. The van der Waals surface area contributed by atoms with Crippen molar-refractivity contribution in [2.45, 2.75) is 11.4 Å². The van der Waals surface area contributed by atoms with Crippen molar-refractivity contribution in [1.29, 1.82) is 0 Å². The van der Waals surface area contributed by atoms with Crippen molar-refractivity contribution in [3.05, 3.63) is 42.1 Å². The van der Waals surface area contributed by atoms with E-state index in [0.29, 0.717) is 37.9 Å². The maximum absolute atomic E-state index is 13.7. The summed E-state index contributed by atoms with van der Waals surface area (Å²) in [5, 5.41) is 0. The molecule has 0 amide bonds. The maximum Gasteiger partial charge on any atom is 0.241 e. The summed E-state index contributed by atoms with van der Waals surface area (Å²) in [6, 6.07) is 5.21. The largest absolute Gasteiger partial charge is 0.494 e. The first kappa shape index (κ1) is 18.5. The quantitative estimate of drug-likeness (QED) is 0.795. The highest BCUT2D eigenvalue weighted by Gasteiger charge is 2.18. The molecule has 1 saturated heterocycles. The highest BCUT2D eigenvalue weighted by atomic mass is 32.2. The van der Waals surface area contributed by atoms with E-state index in [9.17, 15) is 12.8 Å². The fourth-order valence-corrected chi connectivity index (χ4v) is 3.49. The number of rotatable bonds is 6. The number of methoxy groups -OCH3 is 1. The van der Waals surface area contributed by atoms with Gasteiger partial charge in [-0.2, -0.15) is 0 Å². The van der Waals surface area contributed by atoms with Gasteiger partial charge in [0.1, 0.15) is 11.6 Å². The average Bonchev–Trinajstić information content (AvgIpc) is 2.67. The van der Waals surface area contributed by atoms with E-state index >= 15 is 0 Å². The van der Waals surface area contributed by atoms with E-state index < -0.39 is 15.8 Å². The van der Waals surface area contributed by atoms with Crippen LogP contribution in [0.3, 0.4) is 0 Å². The summed E-state index contributed by atoms with van der Waals surface area (Å²) in [5.41, 5.74) is 0. The minimum Gasteiger partial charge on any atom is -0.494 e. The van der Waals surface area contributed by atoms with Crippen LogP contribution in [0.25, 0.3) is 0 Å². The Kier molecular flexibility index (Phi) is 5.64. The molecule has 1 aromatic heterocycles. The number of sulfonamides is 1. The Hall–Kier alpha value is -2.30. The van der Waals surface area contributed by atoms with Crippen LogP contribution in [0, 0.1) is 5.82 Å². The summed E-state index contributed by atoms with van der Waals surface area (Å²) in [4.78, 5) is 10.3. The number of ether oxygens (including phenoxy) is 2. The lowest BCUT2D eigenvalue weighted by atomic mass is 10.3. The number of aromatic nitrogens is 2. The van der Waals surface area contributed by atoms with Gasteiger partial charge < -0.3 is 14.4 Å². The van der Waals surface area contributed by atoms with Gasteiger partial charge in [0.25, 0.3) is 0 Å². The SMILES string of the molecule is COc1ccc(S(=O)(=O)NCc2nccc(N3CCOCC3)n2)cc1F. The second-order valence-electron chi connectivity index (χ2n) is 5.55. The minimum absolute atomic E-state index is 0.0227. The van der Waals surface area contributed by atoms with E-state index in [4.69, 9.17) is 9.47 Å². The topological polar surface area (TPSA) is 93.7 Å². The lowest BCUT2D eigenvalue weighted by Gasteiger charge is -2.27. The molecule has 3 rings (SSSR count). The smallest absolute Gasteiger partial charge is 0.241 e. The summed E-state index contributed by atoms with van der Waals surface area (Å²) >= 11 is 0. The van der Waals surface area contributed by atoms with E-state index in [1.54, 1.807) is 12.3 Å². The average molecular weight is 382 g/mol. The number of morpholine rings is 1. The Morgan fingerprint density at radius 3 is 2.77 bits per heavy atom. The Bertz CT molecular complexity index is 872. The molecule has 2 aromatic rings. The van der Waals surface area contributed by atoms with E-state index in [1.807, 2.05) is 4.90 Å². The van der Waals surface area contributed by atoms with Gasteiger partial charge >= 0.3 is 0 Å². The van der Waals surface area contributed by atoms with Crippen LogP contribution in [0.4, 0.5) is 10.2 Å². The monoisotopic (exact) mass is 382 g/mol. The van der Waals surface area contributed by atoms with Crippen molar-refractivity contribution in [3.8, 4) is 5.75 Å². The molecule has 1 aliphatic heterocycles. The molecule has 0 radical (unpaired) electrons. The van der Waals surface area contributed by atoms with Gasteiger partial charge in [0.05, 0.1) is 31.8 Å². The van der Waals surface area contributed by atoms with Crippen molar-refractivity contribution in [2.75, 3.05) is 38.3 Å². The minimum atomic E-state index is -3.90. The van der Waals surface area contributed by atoms with E-state index in [-0.39, 0.29) is 17.2 Å². The molecule has 26 heavy (non-hydrogen) atoms. The predicted octanol–water partition coefficient (Wildman–Crippen LogP) is 0.939. The third-order valence-corrected chi connectivity index (χ3v) is 5.28. The zero-order chi connectivity index (χ0) is 18.6. The standard InChI is InChI=1S/C16H19FN4O4S/c1-24-14-3-2-12(10-13(14)17)26(22,23)19-11-15-18-5-4-16(20-15)21-6-8-25-9-7-21/h2-5,10,19H,6-9,11H2,1H3. The Balaban J connectivity index is 1.70. The predicted molar refractivity (Wildman–Crippen MR) is 92.0 cm³/mol. The van der Waals surface area contributed by atoms with Gasteiger partial charge in [-0.25, -0.2) is 27.5 Å². The van der Waals surface area contributed by atoms with Gasteiger partial charge in [-0.3, -0.25) is 0 Å². The number of halogens is 1. The van der Waals surface area contributed by atoms with Gasteiger partial charge in [0, 0.05) is 19.3 Å². The molecule has 0 atom stereocenters. The normalized spacial score (nSPS) is 15.1. The highest BCUT2D eigenvalue weighted by Crippen LogP contribution is 2.20. The third-order valence-electron chi connectivity index (χ3n) is 3.88. The molecule has 140 valence electrons. The number of nitrogens with one attached hydrogen (secondary N) is 1. The van der Waals surface area contributed by atoms with Crippen LogP contribution in [-0.2, 0) is 21.3 Å². The maximum atomic E-state index is 13.7. The van der Waals surface area contributed by atoms with Crippen LogP contribution in [0.15, 0.2) is 35.4 Å². The molecule has 1 aromatic carbocycles. The van der Waals surface area contributed by atoms with E-state index in [2.05, 4.69) is 14.7 Å². The molecule has 1 N–H and O–H groups in total. The molecule has 1 aliphatic rings. The van der Waals surface area contributed by atoms with Gasteiger partial charge in [-0.15, -0.1) is 0 Å². The van der Waals surface area contributed by atoms with Crippen LogP contribution in [0.1, 0.15) is 5.82 Å². The van der Waals surface area contributed by atoms with Crippen molar-refractivity contribution < 1.29 is 22.3 Å². The molecule has 2 heterocycles. The molecular formula is C16H19FN4O4S. The zero-order valence-electron chi connectivity index (χ0n) is 14.2. The lowest BCUT2D eigenvalue weighted by molar-refractivity contribution is 0.122. The van der Waals surface area contributed by atoms with Crippen LogP contribution in [-0.4, -0.2) is 51.8 Å². The summed E-state index contributed by atoms with van der Waals surface area (Å²) < 4.78 is 50.9. The van der Waals surface area contributed by atoms with Crippen molar-refractivity contribution in [3.63, 3.8) is 0 Å². The number of nitrogens with zero attached hydrogens (tertiary/aromatic N) is 3. The number of anilines is 1. The fraction of sp³-hybridized carbons (Fsp3) is 0.375.